The number of amides is 2. The fourth-order valence-electron chi connectivity index (χ4n) is 4.21. The molecule has 9 heteroatoms. The highest BCUT2D eigenvalue weighted by atomic mass is 32.2. The molecule has 37 heavy (non-hydrogen) atoms. The number of carbonyl (C=O) groups excluding carboxylic acids is 2. The summed E-state index contributed by atoms with van der Waals surface area (Å²) < 4.78 is 18.8. The molecule has 3 aromatic rings. The molecule has 5 rings (SSSR count). The molecule has 7 nitrogen and oxygen atoms in total. The molecule has 2 amide bonds. The first-order chi connectivity index (χ1) is 17.9. The monoisotopic (exact) mass is 516 g/mol. The van der Waals surface area contributed by atoms with Gasteiger partial charge in [0.25, 0.3) is 5.91 Å². The lowest BCUT2D eigenvalue weighted by Crippen LogP contribution is -2.25. The summed E-state index contributed by atoms with van der Waals surface area (Å²) in [5.74, 6) is -0.206. The molecule has 0 radical (unpaired) electrons. The minimum absolute atomic E-state index is 0.0000471. The van der Waals surface area contributed by atoms with Crippen molar-refractivity contribution in [1.82, 2.24) is 5.01 Å². The number of hydrazone groups is 1. The van der Waals surface area contributed by atoms with Crippen molar-refractivity contribution >= 4 is 40.1 Å². The average molecular weight is 517 g/mol. The summed E-state index contributed by atoms with van der Waals surface area (Å²) in [4.78, 5) is 29.7. The van der Waals surface area contributed by atoms with Gasteiger partial charge >= 0.3 is 0 Å². The first-order valence-electron chi connectivity index (χ1n) is 11.8. The van der Waals surface area contributed by atoms with Crippen LogP contribution in [0.1, 0.15) is 35.6 Å². The van der Waals surface area contributed by atoms with E-state index in [0.717, 1.165) is 28.2 Å². The van der Waals surface area contributed by atoms with Crippen molar-refractivity contribution in [3.8, 4) is 5.75 Å². The number of carbonyl (C=O) groups is 2. The summed E-state index contributed by atoms with van der Waals surface area (Å²) in [7, 11) is 1.61. The lowest BCUT2D eigenvalue weighted by atomic mass is 9.98. The van der Waals surface area contributed by atoms with Crippen molar-refractivity contribution in [2.24, 2.45) is 10.1 Å². The number of thioether (sulfide) groups is 1. The standard InChI is InChI=1S/C28H25FN4O3S/c1-17-3-11-21(12-4-17)30-26(34)16-25-27(35)31-28(37-25)33-24(19-7-13-22(36-2)14-8-19)15-23(32-33)18-5-9-20(29)10-6-18/h3-14,24-25H,15-16H2,1-2H3,(H,30,34). The number of halogens is 1. The van der Waals surface area contributed by atoms with E-state index in [1.54, 1.807) is 24.3 Å². The van der Waals surface area contributed by atoms with Gasteiger partial charge in [-0.25, -0.2) is 9.40 Å². The van der Waals surface area contributed by atoms with Crippen molar-refractivity contribution in [3.05, 3.63) is 95.3 Å². The van der Waals surface area contributed by atoms with Gasteiger partial charge < -0.3 is 10.1 Å². The van der Waals surface area contributed by atoms with Gasteiger partial charge in [-0.2, -0.15) is 10.1 Å². The van der Waals surface area contributed by atoms with Crippen molar-refractivity contribution in [2.45, 2.75) is 31.1 Å². The zero-order valence-corrected chi connectivity index (χ0v) is 21.2. The number of anilines is 1. The number of aliphatic imine (C=N–C) groups is 1. The number of ether oxygens (including phenoxy) is 1. The summed E-state index contributed by atoms with van der Waals surface area (Å²) in [6.07, 6.45) is 0.546. The Hall–Kier alpha value is -3.98. The van der Waals surface area contributed by atoms with Gasteiger partial charge in [-0.3, -0.25) is 9.59 Å². The summed E-state index contributed by atoms with van der Waals surface area (Å²) in [5.41, 5.74) is 4.30. The van der Waals surface area contributed by atoms with Crippen molar-refractivity contribution in [2.75, 3.05) is 12.4 Å². The van der Waals surface area contributed by atoms with Crippen LogP contribution in [-0.2, 0) is 9.59 Å². The molecule has 2 aliphatic heterocycles. The molecule has 2 atom stereocenters. The molecule has 0 saturated carbocycles. The Bertz CT molecular complexity index is 1370. The zero-order valence-electron chi connectivity index (χ0n) is 20.3. The number of benzene rings is 3. The molecular weight excluding hydrogens is 491 g/mol. The predicted octanol–water partition coefficient (Wildman–Crippen LogP) is 5.32. The number of nitrogens with one attached hydrogen (secondary N) is 1. The van der Waals surface area contributed by atoms with Crippen LogP contribution < -0.4 is 10.1 Å². The van der Waals surface area contributed by atoms with Crippen LogP contribution in [0.25, 0.3) is 0 Å². The topological polar surface area (TPSA) is 83.4 Å². The molecule has 0 aliphatic carbocycles. The van der Waals surface area contributed by atoms with Gasteiger partial charge in [-0.1, -0.05) is 53.7 Å². The predicted molar refractivity (Wildman–Crippen MR) is 143 cm³/mol. The lowest BCUT2D eigenvalue weighted by molar-refractivity contribution is -0.121. The van der Waals surface area contributed by atoms with Gasteiger partial charge in [-0.15, -0.1) is 0 Å². The van der Waals surface area contributed by atoms with E-state index in [0.29, 0.717) is 17.3 Å². The third-order valence-corrected chi connectivity index (χ3v) is 7.36. The van der Waals surface area contributed by atoms with Crippen molar-refractivity contribution < 1.29 is 18.7 Å². The SMILES string of the molecule is COc1ccc(C2CC(c3ccc(F)cc3)=NN2C2=NC(=O)C(CC(=O)Nc3ccc(C)cc3)S2)cc1. The lowest BCUT2D eigenvalue weighted by Gasteiger charge is -2.23. The maximum absolute atomic E-state index is 13.5. The van der Waals surface area contributed by atoms with E-state index in [1.807, 2.05) is 55.5 Å². The smallest absolute Gasteiger partial charge is 0.262 e. The number of methoxy groups -OCH3 is 1. The highest BCUT2D eigenvalue weighted by molar-refractivity contribution is 8.15. The highest BCUT2D eigenvalue weighted by Crippen LogP contribution is 2.39. The molecule has 0 aromatic heterocycles. The summed E-state index contributed by atoms with van der Waals surface area (Å²) >= 11 is 1.24. The molecule has 2 heterocycles. The van der Waals surface area contributed by atoms with Crippen molar-refractivity contribution in [1.29, 1.82) is 0 Å². The van der Waals surface area contributed by atoms with Crippen LogP contribution in [0.4, 0.5) is 10.1 Å². The van der Waals surface area contributed by atoms with Gasteiger partial charge in [0.1, 0.15) is 16.8 Å². The van der Waals surface area contributed by atoms with Crippen LogP contribution >= 0.6 is 11.8 Å². The Labute approximate surface area is 218 Å². The number of nitrogens with zero attached hydrogens (tertiary/aromatic N) is 3. The second-order valence-corrected chi connectivity index (χ2v) is 10.0. The largest absolute Gasteiger partial charge is 0.497 e. The molecule has 0 spiro atoms. The number of aryl methyl sites for hydroxylation is 1. The molecule has 2 aliphatic rings. The maximum Gasteiger partial charge on any atom is 0.262 e. The van der Waals surface area contributed by atoms with Gasteiger partial charge in [0.05, 0.1) is 18.9 Å². The second kappa shape index (κ2) is 10.6. The number of amidine groups is 1. The van der Waals surface area contributed by atoms with E-state index in [9.17, 15) is 14.0 Å². The Morgan fingerprint density at radius 2 is 1.78 bits per heavy atom. The van der Waals surface area contributed by atoms with E-state index >= 15 is 0 Å². The van der Waals surface area contributed by atoms with Crippen LogP contribution in [-0.4, -0.2) is 40.1 Å². The van der Waals surface area contributed by atoms with Gasteiger partial charge in [0.15, 0.2) is 5.17 Å². The Balaban J connectivity index is 1.35. The fourth-order valence-corrected chi connectivity index (χ4v) is 5.27. The van der Waals surface area contributed by atoms with Crippen LogP contribution in [0, 0.1) is 12.7 Å². The molecular formula is C28H25FN4O3S. The average Bonchev–Trinajstić information content (AvgIpc) is 3.50. The Kier molecular flexibility index (Phi) is 7.05. The van der Waals surface area contributed by atoms with E-state index in [2.05, 4.69) is 10.3 Å². The summed E-state index contributed by atoms with van der Waals surface area (Å²) in [6.45, 7) is 1.97. The fraction of sp³-hybridized carbons (Fsp3) is 0.214. The van der Waals surface area contributed by atoms with Gasteiger partial charge in [-0.05, 0) is 54.4 Å². The molecule has 0 bridgehead atoms. The van der Waals surface area contributed by atoms with E-state index < -0.39 is 5.25 Å². The first kappa shape index (κ1) is 24.7. The molecule has 2 unspecified atom stereocenters. The van der Waals surface area contributed by atoms with Crippen LogP contribution in [0.5, 0.6) is 5.75 Å². The van der Waals surface area contributed by atoms with Crippen molar-refractivity contribution in [3.63, 3.8) is 0 Å². The van der Waals surface area contributed by atoms with E-state index in [1.165, 1.54) is 23.9 Å². The first-order valence-corrected chi connectivity index (χ1v) is 12.7. The number of hydrogen-bond donors (Lipinski definition) is 1. The Morgan fingerprint density at radius 1 is 1.08 bits per heavy atom. The van der Waals surface area contributed by atoms with Gasteiger partial charge in [0, 0.05) is 18.5 Å². The van der Waals surface area contributed by atoms with E-state index in [4.69, 9.17) is 9.84 Å². The quantitative estimate of drug-likeness (QED) is 0.480. The van der Waals surface area contributed by atoms with Crippen LogP contribution in [0.3, 0.4) is 0 Å². The van der Waals surface area contributed by atoms with Gasteiger partial charge in [0.2, 0.25) is 5.91 Å². The van der Waals surface area contributed by atoms with E-state index in [-0.39, 0.29) is 30.1 Å². The number of hydrogen-bond acceptors (Lipinski definition) is 6. The highest BCUT2D eigenvalue weighted by Gasteiger charge is 2.39. The summed E-state index contributed by atoms with van der Waals surface area (Å²) in [5, 5.41) is 9.17. The third kappa shape index (κ3) is 5.56. The second-order valence-electron chi connectivity index (χ2n) is 8.85. The molecule has 0 fully saturated rings. The zero-order chi connectivity index (χ0) is 25.9. The minimum Gasteiger partial charge on any atom is -0.497 e. The summed E-state index contributed by atoms with van der Waals surface area (Å²) in [6, 6.07) is 21.1. The molecule has 0 saturated heterocycles. The molecule has 1 N–H and O–H groups in total. The normalized spacial score (nSPS) is 19.0. The molecule has 188 valence electrons. The third-order valence-electron chi connectivity index (χ3n) is 6.22. The van der Waals surface area contributed by atoms with Crippen LogP contribution in [0.15, 0.2) is 82.9 Å². The number of rotatable bonds is 6. The Morgan fingerprint density at radius 3 is 2.46 bits per heavy atom. The molecule has 3 aromatic carbocycles. The van der Waals surface area contributed by atoms with Crippen LogP contribution in [0.2, 0.25) is 0 Å². The maximum atomic E-state index is 13.5. The minimum atomic E-state index is -0.637.